The Morgan fingerprint density at radius 3 is 2.59 bits per heavy atom. The van der Waals surface area contributed by atoms with Crippen LogP contribution in [0.3, 0.4) is 0 Å². The lowest BCUT2D eigenvalue weighted by atomic mass is 10.2. The van der Waals surface area contributed by atoms with Crippen LogP contribution in [0.1, 0.15) is 57.0 Å². The maximum atomic E-state index is 12.4. The zero-order chi connectivity index (χ0) is 16.7. The molecule has 22 heavy (non-hydrogen) atoms. The van der Waals surface area contributed by atoms with Gasteiger partial charge < -0.3 is 19.0 Å². The number of nitrogens with zero attached hydrogens (tertiary/aromatic N) is 2. The van der Waals surface area contributed by atoms with E-state index >= 15 is 0 Å². The van der Waals surface area contributed by atoms with Crippen LogP contribution in [0, 0.1) is 0 Å². The van der Waals surface area contributed by atoms with Gasteiger partial charge >= 0.3 is 12.1 Å². The summed E-state index contributed by atoms with van der Waals surface area (Å²) >= 11 is 0. The summed E-state index contributed by atoms with van der Waals surface area (Å²) in [5.41, 5.74) is -1.79. The average Bonchev–Trinajstić information content (AvgIpc) is 2.90. The number of aromatic nitrogens is 1. The molecule has 0 saturated carbocycles. The first-order valence-corrected chi connectivity index (χ1v) is 6.86. The topological polar surface area (TPSA) is 102 Å². The van der Waals surface area contributed by atoms with Crippen LogP contribution in [-0.4, -0.2) is 45.0 Å². The minimum absolute atomic E-state index is 0.105. The van der Waals surface area contributed by atoms with E-state index in [-0.39, 0.29) is 18.2 Å². The van der Waals surface area contributed by atoms with Gasteiger partial charge in [0.05, 0.1) is 6.61 Å². The number of hydrogen-bond donors (Lipinski definition) is 1. The Morgan fingerprint density at radius 1 is 1.45 bits per heavy atom. The highest BCUT2D eigenvalue weighted by atomic mass is 16.6. The van der Waals surface area contributed by atoms with Crippen LogP contribution >= 0.6 is 0 Å². The summed E-state index contributed by atoms with van der Waals surface area (Å²) in [7, 11) is 0. The van der Waals surface area contributed by atoms with Crippen LogP contribution in [0.5, 0.6) is 0 Å². The fourth-order valence-corrected chi connectivity index (χ4v) is 2.18. The number of rotatable bonds is 2. The van der Waals surface area contributed by atoms with Crippen molar-refractivity contribution in [2.75, 3.05) is 6.61 Å². The summed E-state index contributed by atoms with van der Waals surface area (Å²) in [6.45, 7) is 8.87. The van der Waals surface area contributed by atoms with Gasteiger partial charge in [0.2, 0.25) is 5.89 Å². The summed E-state index contributed by atoms with van der Waals surface area (Å²) in [5, 5.41) is 8.91. The number of oxazole rings is 1. The molecule has 1 N–H and O–H groups in total. The Labute approximate surface area is 128 Å². The van der Waals surface area contributed by atoms with E-state index in [1.807, 2.05) is 0 Å². The second kappa shape index (κ2) is 5.28. The largest absolute Gasteiger partial charge is 0.476 e. The van der Waals surface area contributed by atoms with Crippen molar-refractivity contribution >= 4 is 12.1 Å². The molecule has 1 aliphatic rings. The molecule has 8 nitrogen and oxygen atoms in total. The Morgan fingerprint density at radius 2 is 2.09 bits per heavy atom. The van der Waals surface area contributed by atoms with Crippen molar-refractivity contribution in [2.45, 2.75) is 52.0 Å². The van der Waals surface area contributed by atoms with Crippen molar-refractivity contribution in [3.63, 3.8) is 0 Å². The Hall–Kier alpha value is -2.09. The van der Waals surface area contributed by atoms with Gasteiger partial charge in [-0.3, -0.25) is 4.90 Å². The Balaban J connectivity index is 2.29. The molecular weight excluding hydrogens is 292 g/mol. The highest BCUT2D eigenvalue weighted by Crippen LogP contribution is 2.37. The van der Waals surface area contributed by atoms with Crippen molar-refractivity contribution in [2.24, 2.45) is 0 Å². The van der Waals surface area contributed by atoms with Crippen molar-refractivity contribution in [1.82, 2.24) is 9.88 Å². The van der Waals surface area contributed by atoms with Gasteiger partial charge in [0, 0.05) is 0 Å². The molecule has 0 bridgehead atoms. The highest BCUT2D eigenvalue weighted by Gasteiger charge is 2.48. The predicted octanol–water partition coefficient (Wildman–Crippen LogP) is 2.42. The first-order chi connectivity index (χ1) is 10.0. The number of hydrogen-bond acceptors (Lipinski definition) is 6. The molecule has 0 aromatic carbocycles. The average molecular weight is 312 g/mol. The molecule has 1 amide bonds. The molecular formula is C14H20N2O6. The molecule has 122 valence electrons. The van der Waals surface area contributed by atoms with Crippen LogP contribution in [0.25, 0.3) is 0 Å². The van der Waals surface area contributed by atoms with E-state index in [0.29, 0.717) is 0 Å². The molecule has 2 heterocycles. The third-order valence-corrected chi connectivity index (χ3v) is 3.10. The molecule has 0 spiro atoms. The van der Waals surface area contributed by atoms with Crippen molar-refractivity contribution < 1.29 is 28.6 Å². The number of carboxylic acid groups (broad SMARTS) is 1. The van der Waals surface area contributed by atoms with E-state index in [2.05, 4.69) is 4.98 Å². The van der Waals surface area contributed by atoms with Gasteiger partial charge in [0.15, 0.2) is 5.69 Å². The zero-order valence-corrected chi connectivity index (χ0v) is 13.2. The number of carbonyl (C=O) groups excluding carboxylic acids is 1. The fourth-order valence-electron chi connectivity index (χ4n) is 2.18. The predicted molar refractivity (Wildman–Crippen MR) is 74.3 cm³/mol. The fraction of sp³-hybridized carbons (Fsp3) is 0.643. The van der Waals surface area contributed by atoms with Crippen LogP contribution in [-0.2, 0) is 9.47 Å². The van der Waals surface area contributed by atoms with E-state index in [4.69, 9.17) is 19.0 Å². The summed E-state index contributed by atoms with van der Waals surface area (Å²) in [5.74, 6) is -1.09. The molecule has 1 aromatic heterocycles. The summed E-state index contributed by atoms with van der Waals surface area (Å²) in [6.07, 6.45) is 0.464. The van der Waals surface area contributed by atoms with Crippen molar-refractivity contribution in [3.05, 3.63) is 17.8 Å². The van der Waals surface area contributed by atoms with E-state index < -0.39 is 29.4 Å². The number of carboxylic acids is 1. The molecule has 8 heteroatoms. The third kappa shape index (κ3) is 3.22. The van der Waals surface area contributed by atoms with Gasteiger partial charge in [0.1, 0.15) is 23.6 Å². The molecule has 1 saturated heterocycles. The molecule has 1 aromatic rings. The summed E-state index contributed by atoms with van der Waals surface area (Å²) in [6, 6.07) is -0.641. The number of carbonyl (C=O) groups is 2. The maximum Gasteiger partial charge on any atom is 0.413 e. The van der Waals surface area contributed by atoms with Gasteiger partial charge in [-0.15, -0.1) is 0 Å². The number of aromatic carboxylic acids is 1. The third-order valence-electron chi connectivity index (χ3n) is 3.10. The summed E-state index contributed by atoms with van der Waals surface area (Å²) < 4.78 is 16.2. The monoisotopic (exact) mass is 312 g/mol. The van der Waals surface area contributed by atoms with Crippen LogP contribution in [0.4, 0.5) is 4.79 Å². The van der Waals surface area contributed by atoms with Gasteiger partial charge in [-0.2, -0.15) is 0 Å². The lowest BCUT2D eigenvalue weighted by Gasteiger charge is -2.34. The molecule has 1 aliphatic heterocycles. The van der Waals surface area contributed by atoms with Gasteiger partial charge in [0.25, 0.3) is 0 Å². The molecule has 0 radical (unpaired) electrons. The molecule has 0 unspecified atom stereocenters. The van der Waals surface area contributed by atoms with E-state index in [1.54, 1.807) is 34.6 Å². The quantitative estimate of drug-likeness (QED) is 0.894. The zero-order valence-electron chi connectivity index (χ0n) is 13.2. The Kier molecular flexibility index (Phi) is 3.90. The smallest absolute Gasteiger partial charge is 0.413 e. The second-order valence-electron chi connectivity index (χ2n) is 6.50. The molecule has 2 rings (SSSR count). The van der Waals surface area contributed by atoms with E-state index in [0.717, 1.165) is 6.26 Å². The van der Waals surface area contributed by atoms with Gasteiger partial charge in [-0.25, -0.2) is 14.6 Å². The first-order valence-electron chi connectivity index (χ1n) is 6.86. The number of ether oxygens (including phenoxy) is 2. The highest BCUT2D eigenvalue weighted by molar-refractivity contribution is 5.84. The minimum atomic E-state index is -1.20. The molecule has 0 aliphatic carbocycles. The molecule has 1 atom stereocenters. The lowest BCUT2D eigenvalue weighted by molar-refractivity contribution is -0.0634. The van der Waals surface area contributed by atoms with Crippen LogP contribution < -0.4 is 0 Å². The summed E-state index contributed by atoms with van der Waals surface area (Å²) in [4.78, 5) is 28.6. The standard InChI is InChI=1S/C14H20N2O6/c1-13(2,3)22-12(19)16-9(7-21-14(16,4)5)10-15-8(6-20-10)11(17)18/h6,9H,7H2,1-5H3,(H,17,18)/t9-/m0/s1. The van der Waals surface area contributed by atoms with Crippen LogP contribution in [0.15, 0.2) is 10.7 Å². The minimum Gasteiger partial charge on any atom is -0.476 e. The van der Waals surface area contributed by atoms with Crippen LogP contribution in [0.2, 0.25) is 0 Å². The van der Waals surface area contributed by atoms with Crippen molar-refractivity contribution in [3.8, 4) is 0 Å². The second-order valence-corrected chi connectivity index (χ2v) is 6.50. The van der Waals surface area contributed by atoms with E-state index in [9.17, 15) is 9.59 Å². The number of amides is 1. The van der Waals surface area contributed by atoms with Gasteiger partial charge in [-0.1, -0.05) is 0 Å². The maximum absolute atomic E-state index is 12.4. The van der Waals surface area contributed by atoms with E-state index in [1.165, 1.54) is 4.90 Å². The van der Waals surface area contributed by atoms with Crippen molar-refractivity contribution in [1.29, 1.82) is 0 Å². The van der Waals surface area contributed by atoms with Gasteiger partial charge in [-0.05, 0) is 34.6 Å². The Bertz CT molecular complexity index is 586. The molecule has 1 fully saturated rings. The lowest BCUT2D eigenvalue weighted by Crippen LogP contribution is -2.47. The SMILES string of the molecule is CC(C)(C)OC(=O)N1[C@H](c2nc(C(=O)O)co2)COC1(C)C. The normalized spacial score (nSPS) is 21.0. The first kappa shape index (κ1) is 16.3.